The van der Waals surface area contributed by atoms with Crippen molar-refractivity contribution in [1.82, 2.24) is 4.57 Å². The Labute approximate surface area is 206 Å². The SMILES string of the molecule is COC(=O)c1c(C(=O)OC)c(-c2ccc(F)cc2)n(/C=C/[C@@H](O)C[C@@H](O)CC(=O)O)c1CCSC. The fourth-order valence-corrected chi connectivity index (χ4v) is 3.99. The molecule has 0 saturated heterocycles. The zero-order valence-electron chi connectivity index (χ0n) is 19.6. The summed E-state index contributed by atoms with van der Waals surface area (Å²) in [7, 11) is 2.35. The van der Waals surface area contributed by atoms with Gasteiger partial charge in [-0.25, -0.2) is 14.0 Å². The van der Waals surface area contributed by atoms with Gasteiger partial charge in [-0.3, -0.25) is 4.79 Å². The highest BCUT2D eigenvalue weighted by molar-refractivity contribution is 7.98. The van der Waals surface area contributed by atoms with Gasteiger partial charge in [0, 0.05) is 18.3 Å². The number of aliphatic carboxylic acids is 1. The van der Waals surface area contributed by atoms with Crippen LogP contribution in [0.5, 0.6) is 0 Å². The predicted octanol–water partition coefficient (Wildman–Crippen LogP) is 2.83. The molecule has 2 rings (SSSR count). The van der Waals surface area contributed by atoms with Gasteiger partial charge in [-0.2, -0.15) is 11.8 Å². The number of methoxy groups -OCH3 is 2. The number of nitrogens with zero attached hydrogens (tertiary/aromatic N) is 1. The van der Waals surface area contributed by atoms with Crippen molar-refractivity contribution in [3.8, 4) is 11.3 Å². The highest BCUT2D eigenvalue weighted by atomic mass is 32.2. The van der Waals surface area contributed by atoms with E-state index >= 15 is 0 Å². The van der Waals surface area contributed by atoms with Crippen LogP contribution in [0, 0.1) is 5.82 Å². The van der Waals surface area contributed by atoms with Gasteiger partial charge in [-0.1, -0.05) is 0 Å². The molecular weight excluding hydrogens is 481 g/mol. The molecule has 0 aliphatic rings. The molecule has 190 valence electrons. The Kier molecular flexibility index (Phi) is 10.5. The van der Waals surface area contributed by atoms with Crippen molar-refractivity contribution in [3.05, 3.63) is 53.0 Å². The number of ether oxygens (including phenoxy) is 2. The number of hydrogen-bond acceptors (Lipinski definition) is 8. The van der Waals surface area contributed by atoms with E-state index in [-0.39, 0.29) is 23.2 Å². The van der Waals surface area contributed by atoms with Crippen LogP contribution in [-0.2, 0) is 20.7 Å². The first-order valence-corrected chi connectivity index (χ1v) is 12.0. The van der Waals surface area contributed by atoms with Gasteiger partial charge < -0.3 is 29.4 Å². The van der Waals surface area contributed by atoms with Gasteiger partial charge in [0.25, 0.3) is 0 Å². The molecule has 3 N–H and O–H groups in total. The number of carboxylic acid groups (broad SMARTS) is 1. The van der Waals surface area contributed by atoms with Crippen LogP contribution in [0.15, 0.2) is 30.3 Å². The zero-order valence-corrected chi connectivity index (χ0v) is 20.4. The van der Waals surface area contributed by atoms with Gasteiger partial charge >= 0.3 is 17.9 Å². The molecule has 0 fully saturated rings. The summed E-state index contributed by atoms with van der Waals surface area (Å²) in [5.41, 5.74) is 0.936. The third-order valence-electron chi connectivity index (χ3n) is 5.13. The van der Waals surface area contributed by atoms with Crippen LogP contribution in [0.1, 0.15) is 39.3 Å². The third-order valence-corrected chi connectivity index (χ3v) is 5.74. The number of carbonyl (C=O) groups excluding carboxylic acids is 2. The monoisotopic (exact) mass is 509 g/mol. The van der Waals surface area contributed by atoms with Crippen molar-refractivity contribution in [2.24, 2.45) is 0 Å². The predicted molar refractivity (Wildman–Crippen MR) is 129 cm³/mol. The van der Waals surface area contributed by atoms with Crippen LogP contribution in [0.4, 0.5) is 4.39 Å². The van der Waals surface area contributed by atoms with Crippen LogP contribution >= 0.6 is 11.8 Å². The van der Waals surface area contributed by atoms with Crippen LogP contribution in [0.3, 0.4) is 0 Å². The van der Waals surface area contributed by atoms with Gasteiger partial charge in [0.15, 0.2) is 0 Å². The molecule has 1 heterocycles. The number of aliphatic hydroxyl groups excluding tert-OH is 2. The van der Waals surface area contributed by atoms with E-state index in [4.69, 9.17) is 14.6 Å². The van der Waals surface area contributed by atoms with Crippen LogP contribution in [0.2, 0.25) is 0 Å². The molecule has 1 aromatic carbocycles. The van der Waals surface area contributed by atoms with Gasteiger partial charge in [-0.15, -0.1) is 0 Å². The fourth-order valence-electron chi connectivity index (χ4n) is 3.59. The average molecular weight is 510 g/mol. The second-order valence-electron chi connectivity index (χ2n) is 7.54. The molecule has 1 aromatic heterocycles. The Bertz CT molecular complexity index is 1080. The number of aliphatic hydroxyl groups is 2. The minimum absolute atomic E-state index is 0.0159. The molecule has 0 aliphatic heterocycles. The standard InChI is InChI=1S/C24H28FNO8S/c1-33-23(31)20-18(9-11-35-3)26(10-8-16(27)12-17(28)13-19(29)30)22(21(20)24(32)34-2)14-4-6-15(25)7-5-14/h4-8,10,16-17,27-28H,9,11-13H2,1-3H3,(H,29,30)/b10-8+/t16-,17-/m1/s1. The number of rotatable bonds is 12. The second-order valence-corrected chi connectivity index (χ2v) is 8.53. The smallest absolute Gasteiger partial charge is 0.340 e. The largest absolute Gasteiger partial charge is 0.481 e. The Hall–Kier alpha value is -3.15. The summed E-state index contributed by atoms with van der Waals surface area (Å²) in [5, 5.41) is 29.0. The minimum atomic E-state index is -1.28. The number of aromatic nitrogens is 1. The lowest BCUT2D eigenvalue weighted by Gasteiger charge is -2.13. The lowest BCUT2D eigenvalue weighted by Crippen LogP contribution is -2.19. The summed E-state index contributed by atoms with van der Waals surface area (Å²) in [4.78, 5) is 36.4. The summed E-state index contributed by atoms with van der Waals surface area (Å²) < 4.78 is 25.0. The quantitative estimate of drug-likeness (QED) is 0.369. The number of hydrogen-bond donors (Lipinski definition) is 3. The van der Waals surface area contributed by atoms with E-state index in [0.717, 1.165) is 0 Å². The number of carbonyl (C=O) groups is 3. The first kappa shape index (κ1) is 28.1. The number of esters is 2. The van der Waals surface area contributed by atoms with Crippen molar-refractivity contribution < 1.29 is 43.6 Å². The Balaban J connectivity index is 2.75. The Morgan fingerprint density at radius 2 is 1.69 bits per heavy atom. The van der Waals surface area contributed by atoms with E-state index in [1.54, 1.807) is 0 Å². The summed E-state index contributed by atoms with van der Waals surface area (Å²) in [6, 6.07) is 5.28. The molecule has 11 heteroatoms. The van der Waals surface area contributed by atoms with Crippen LogP contribution < -0.4 is 0 Å². The maximum Gasteiger partial charge on any atom is 0.340 e. The van der Waals surface area contributed by atoms with E-state index in [1.807, 2.05) is 6.26 Å². The maximum absolute atomic E-state index is 13.6. The van der Waals surface area contributed by atoms with Gasteiger partial charge in [-0.05, 0) is 54.3 Å². The molecular formula is C24H28FNO8S. The Morgan fingerprint density at radius 1 is 1.09 bits per heavy atom. The fraction of sp³-hybridized carbons (Fsp3) is 0.375. The highest BCUT2D eigenvalue weighted by Gasteiger charge is 2.32. The number of halogens is 1. The summed E-state index contributed by atoms with van der Waals surface area (Å²) in [6.07, 6.45) is 1.64. The summed E-state index contributed by atoms with van der Waals surface area (Å²) >= 11 is 1.51. The third kappa shape index (κ3) is 7.17. The van der Waals surface area contributed by atoms with E-state index in [1.165, 1.54) is 67.1 Å². The van der Waals surface area contributed by atoms with Crippen LogP contribution in [-0.4, -0.2) is 76.2 Å². The molecule has 0 spiro atoms. The summed E-state index contributed by atoms with van der Waals surface area (Å²) in [6.45, 7) is 0. The van der Waals surface area contributed by atoms with Crippen molar-refractivity contribution >= 4 is 35.9 Å². The van der Waals surface area contributed by atoms with E-state index < -0.39 is 42.4 Å². The first-order valence-electron chi connectivity index (χ1n) is 10.6. The van der Waals surface area contributed by atoms with Gasteiger partial charge in [0.2, 0.25) is 0 Å². The van der Waals surface area contributed by atoms with E-state index in [0.29, 0.717) is 23.4 Å². The van der Waals surface area contributed by atoms with Crippen molar-refractivity contribution in [2.75, 3.05) is 26.2 Å². The number of thioether (sulfide) groups is 1. The molecule has 0 bridgehead atoms. The number of benzene rings is 1. The average Bonchev–Trinajstić information content (AvgIpc) is 3.14. The second kappa shape index (κ2) is 13.1. The molecule has 2 aromatic rings. The molecule has 0 unspecified atom stereocenters. The lowest BCUT2D eigenvalue weighted by atomic mass is 10.0. The van der Waals surface area contributed by atoms with Gasteiger partial charge in [0.1, 0.15) is 11.4 Å². The Morgan fingerprint density at radius 3 is 2.23 bits per heavy atom. The first-order chi connectivity index (χ1) is 16.6. The van der Waals surface area contributed by atoms with E-state index in [9.17, 15) is 29.0 Å². The number of carboxylic acids is 1. The van der Waals surface area contributed by atoms with Crippen molar-refractivity contribution in [2.45, 2.75) is 31.5 Å². The molecule has 0 radical (unpaired) electrons. The molecule has 0 saturated carbocycles. The normalized spacial score (nSPS) is 13.0. The zero-order chi connectivity index (χ0) is 26.1. The highest BCUT2D eigenvalue weighted by Crippen LogP contribution is 2.34. The van der Waals surface area contributed by atoms with Gasteiger partial charge in [0.05, 0.1) is 44.1 Å². The topological polar surface area (TPSA) is 135 Å². The van der Waals surface area contributed by atoms with Crippen LogP contribution in [0.25, 0.3) is 17.5 Å². The van der Waals surface area contributed by atoms with Crippen molar-refractivity contribution in [3.63, 3.8) is 0 Å². The molecule has 0 amide bonds. The maximum atomic E-state index is 13.6. The van der Waals surface area contributed by atoms with E-state index in [2.05, 4.69) is 0 Å². The minimum Gasteiger partial charge on any atom is -0.481 e. The molecule has 2 atom stereocenters. The summed E-state index contributed by atoms with van der Waals surface area (Å²) in [5.74, 6) is -2.71. The van der Waals surface area contributed by atoms with Crippen molar-refractivity contribution in [1.29, 1.82) is 0 Å². The molecule has 35 heavy (non-hydrogen) atoms. The molecule has 9 nitrogen and oxygen atoms in total. The lowest BCUT2D eigenvalue weighted by molar-refractivity contribution is -0.139. The molecule has 0 aliphatic carbocycles.